The molecule has 4 rings (SSSR count). The number of carbonyl (C=O) groups is 2. The third-order valence-electron chi connectivity index (χ3n) is 7.75. The van der Waals surface area contributed by atoms with Crippen molar-refractivity contribution < 1.29 is 18.0 Å². The monoisotopic (exact) mass is 645 g/mol. The van der Waals surface area contributed by atoms with Crippen molar-refractivity contribution in [1.29, 1.82) is 0 Å². The van der Waals surface area contributed by atoms with Crippen molar-refractivity contribution >= 4 is 39.1 Å². The van der Waals surface area contributed by atoms with Crippen molar-refractivity contribution in [2.75, 3.05) is 10.8 Å². The van der Waals surface area contributed by atoms with Gasteiger partial charge in [-0.3, -0.25) is 13.9 Å². The molecule has 0 aliphatic heterocycles. The van der Waals surface area contributed by atoms with Crippen LogP contribution in [0.1, 0.15) is 42.5 Å². The normalized spacial score (nSPS) is 12.6. The molecule has 0 bridgehead atoms. The molecule has 9 heteroatoms. The van der Waals surface area contributed by atoms with Crippen LogP contribution in [0.2, 0.25) is 5.02 Å². The van der Waals surface area contributed by atoms with E-state index in [9.17, 15) is 18.0 Å². The highest BCUT2D eigenvalue weighted by Gasteiger charge is 2.35. The molecule has 2 amide bonds. The number of rotatable bonds is 13. The van der Waals surface area contributed by atoms with Crippen molar-refractivity contribution in [3.63, 3.8) is 0 Å². The highest BCUT2D eigenvalue weighted by atomic mass is 35.5. The minimum atomic E-state index is -4.19. The van der Waals surface area contributed by atoms with E-state index in [4.69, 9.17) is 11.6 Å². The molecular weight excluding hydrogens is 606 g/mol. The predicted molar refractivity (Wildman–Crippen MR) is 181 cm³/mol. The summed E-state index contributed by atoms with van der Waals surface area (Å²) in [6, 6.07) is 29.1. The summed E-state index contributed by atoms with van der Waals surface area (Å²) in [5, 5.41) is 3.45. The molecule has 0 saturated heterocycles. The van der Waals surface area contributed by atoms with Crippen LogP contribution < -0.4 is 9.62 Å². The summed E-state index contributed by atoms with van der Waals surface area (Å²) in [4.78, 5) is 29.9. The van der Waals surface area contributed by atoms with Crippen molar-refractivity contribution in [3.05, 3.63) is 130 Å². The van der Waals surface area contributed by atoms with Gasteiger partial charge in [-0.05, 0) is 74.7 Å². The van der Waals surface area contributed by atoms with E-state index in [1.165, 1.54) is 29.2 Å². The van der Waals surface area contributed by atoms with Gasteiger partial charge >= 0.3 is 0 Å². The van der Waals surface area contributed by atoms with Gasteiger partial charge in [0.2, 0.25) is 11.8 Å². The Labute approximate surface area is 271 Å². The Hall–Kier alpha value is -4.14. The van der Waals surface area contributed by atoms with E-state index >= 15 is 0 Å². The van der Waals surface area contributed by atoms with Gasteiger partial charge in [-0.15, -0.1) is 0 Å². The molecular formula is C36H40ClN3O4S. The lowest BCUT2D eigenvalue weighted by Gasteiger charge is -2.34. The third kappa shape index (κ3) is 8.96. The number of aryl methyl sites for hydroxylation is 2. The lowest BCUT2D eigenvalue weighted by Crippen LogP contribution is -2.54. The number of nitrogens with one attached hydrogen (secondary N) is 1. The molecule has 0 fully saturated rings. The Kier molecular flexibility index (Phi) is 11.4. The second-order valence-electron chi connectivity index (χ2n) is 11.3. The Morgan fingerprint density at radius 1 is 0.800 bits per heavy atom. The Balaban J connectivity index is 1.80. The van der Waals surface area contributed by atoms with Crippen LogP contribution in [-0.2, 0) is 32.6 Å². The lowest BCUT2D eigenvalue weighted by molar-refractivity contribution is -0.140. The molecule has 2 atom stereocenters. The molecule has 0 spiro atoms. The van der Waals surface area contributed by atoms with E-state index in [0.717, 1.165) is 33.0 Å². The topological polar surface area (TPSA) is 86.8 Å². The summed E-state index contributed by atoms with van der Waals surface area (Å²) in [5.74, 6) is -0.801. The van der Waals surface area contributed by atoms with Gasteiger partial charge in [-0.25, -0.2) is 8.42 Å². The summed E-state index contributed by atoms with van der Waals surface area (Å²) >= 11 is 6.06. The maximum Gasteiger partial charge on any atom is 0.264 e. The number of hydrogen-bond acceptors (Lipinski definition) is 4. The number of carbonyl (C=O) groups excluding carboxylic acids is 2. The van der Waals surface area contributed by atoms with Crippen LogP contribution in [0.3, 0.4) is 0 Å². The molecule has 45 heavy (non-hydrogen) atoms. The Bertz CT molecular complexity index is 1680. The van der Waals surface area contributed by atoms with Gasteiger partial charge in [0, 0.05) is 24.0 Å². The maximum atomic E-state index is 14.5. The summed E-state index contributed by atoms with van der Waals surface area (Å²) in [7, 11) is -4.19. The number of hydrogen-bond donors (Lipinski definition) is 1. The van der Waals surface area contributed by atoms with Gasteiger partial charge < -0.3 is 10.2 Å². The van der Waals surface area contributed by atoms with Crippen molar-refractivity contribution in [2.45, 2.75) is 64.1 Å². The van der Waals surface area contributed by atoms with E-state index in [2.05, 4.69) is 5.32 Å². The van der Waals surface area contributed by atoms with Gasteiger partial charge in [0.1, 0.15) is 12.6 Å². The molecule has 0 radical (unpaired) electrons. The van der Waals surface area contributed by atoms with Gasteiger partial charge in [-0.1, -0.05) is 96.4 Å². The van der Waals surface area contributed by atoms with Gasteiger partial charge in [0.25, 0.3) is 10.0 Å². The van der Waals surface area contributed by atoms with E-state index in [1.54, 1.807) is 24.3 Å². The minimum absolute atomic E-state index is 0.000656. The first-order valence-electron chi connectivity index (χ1n) is 15.0. The van der Waals surface area contributed by atoms with Crippen LogP contribution in [0.4, 0.5) is 5.69 Å². The van der Waals surface area contributed by atoms with Gasteiger partial charge in [0.05, 0.1) is 10.6 Å². The van der Waals surface area contributed by atoms with E-state index < -0.39 is 28.5 Å². The predicted octanol–water partition coefficient (Wildman–Crippen LogP) is 6.71. The van der Waals surface area contributed by atoms with E-state index in [0.29, 0.717) is 10.7 Å². The average Bonchev–Trinajstić information content (AvgIpc) is 3.03. The first kappa shape index (κ1) is 33.7. The first-order valence-corrected chi connectivity index (χ1v) is 16.8. The van der Waals surface area contributed by atoms with E-state index in [-0.39, 0.29) is 29.8 Å². The summed E-state index contributed by atoms with van der Waals surface area (Å²) in [5.41, 5.74) is 4.05. The average molecular weight is 646 g/mol. The molecule has 0 heterocycles. The number of halogens is 1. The smallest absolute Gasteiger partial charge is 0.264 e. The fourth-order valence-electron chi connectivity index (χ4n) is 4.86. The largest absolute Gasteiger partial charge is 0.352 e. The fourth-order valence-corrected chi connectivity index (χ4v) is 6.40. The Morgan fingerprint density at radius 2 is 1.38 bits per heavy atom. The minimum Gasteiger partial charge on any atom is -0.352 e. The SMILES string of the molecule is CCC(C)NC(=O)C(Cc1ccccc1)N(Cc1ccc(C)cc1)C(=O)CN(c1ccc(C)cc1)S(=O)(=O)c1ccc(Cl)cc1. The van der Waals surface area contributed by atoms with Crippen molar-refractivity contribution in [1.82, 2.24) is 10.2 Å². The third-order valence-corrected chi connectivity index (χ3v) is 9.79. The van der Waals surface area contributed by atoms with Crippen LogP contribution in [0.5, 0.6) is 0 Å². The van der Waals surface area contributed by atoms with Crippen LogP contribution in [0.25, 0.3) is 0 Å². The molecule has 0 aliphatic rings. The van der Waals surface area contributed by atoms with Gasteiger partial charge in [0.15, 0.2) is 0 Å². The zero-order valence-electron chi connectivity index (χ0n) is 26.1. The maximum absolute atomic E-state index is 14.5. The fraction of sp³-hybridized carbons (Fsp3) is 0.278. The molecule has 0 saturated carbocycles. The summed E-state index contributed by atoms with van der Waals surface area (Å²) < 4.78 is 29.3. The summed E-state index contributed by atoms with van der Waals surface area (Å²) in [6.45, 7) is 7.38. The quantitative estimate of drug-likeness (QED) is 0.175. The second-order valence-corrected chi connectivity index (χ2v) is 13.6. The number of anilines is 1. The van der Waals surface area contributed by atoms with E-state index in [1.807, 2.05) is 82.3 Å². The highest BCUT2D eigenvalue weighted by Crippen LogP contribution is 2.26. The lowest BCUT2D eigenvalue weighted by atomic mass is 10.0. The van der Waals surface area contributed by atoms with Gasteiger partial charge in [-0.2, -0.15) is 0 Å². The van der Waals surface area contributed by atoms with Crippen molar-refractivity contribution in [3.8, 4) is 0 Å². The standard InChI is InChI=1S/C36H40ClN3O4S/c1-5-28(4)38-36(42)34(23-29-9-7-6-8-10-29)39(24-30-15-11-26(2)12-16-30)35(41)25-40(32-19-13-27(3)14-20-32)45(43,44)33-21-17-31(37)18-22-33/h6-22,28,34H,5,23-25H2,1-4H3,(H,38,42). The molecule has 236 valence electrons. The van der Waals surface area contributed by atoms with Crippen LogP contribution >= 0.6 is 11.6 Å². The zero-order chi connectivity index (χ0) is 32.6. The van der Waals surface area contributed by atoms with Crippen molar-refractivity contribution in [2.24, 2.45) is 0 Å². The van der Waals surface area contributed by atoms with Crippen LogP contribution in [0, 0.1) is 13.8 Å². The molecule has 7 nitrogen and oxygen atoms in total. The molecule has 0 aromatic heterocycles. The first-order chi connectivity index (χ1) is 21.5. The number of benzene rings is 4. The Morgan fingerprint density at radius 3 is 1.96 bits per heavy atom. The molecule has 0 aliphatic carbocycles. The number of sulfonamides is 1. The number of nitrogens with zero attached hydrogens (tertiary/aromatic N) is 2. The second kappa shape index (κ2) is 15.2. The molecule has 2 unspecified atom stereocenters. The van der Waals surface area contributed by atoms with Crippen LogP contribution in [-0.4, -0.2) is 43.8 Å². The summed E-state index contributed by atoms with van der Waals surface area (Å²) in [6.07, 6.45) is 0.978. The number of amides is 2. The molecule has 4 aromatic rings. The molecule has 1 N–H and O–H groups in total. The van der Waals surface area contributed by atoms with Crippen LogP contribution in [0.15, 0.2) is 108 Å². The highest BCUT2D eigenvalue weighted by molar-refractivity contribution is 7.92. The molecule has 4 aromatic carbocycles. The zero-order valence-corrected chi connectivity index (χ0v) is 27.7.